The molecule has 1 aromatic rings. The highest BCUT2D eigenvalue weighted by Crippen LogP contribution is 2.23. The first kappa shape index (κ1) is 17.6. The highest BCUT2D eigenvalue weighted by molar-refractivity contribution is 5.91. The maximum atomic E-state index is 12.2. The van der Waals surface area contributed by atoms with Gasteiger partial charge in [0.15, 0.2) is 0 Å². The van der Waals surface area contributed by atoms with Crippen molar-refractivity contribution in [2.24, 2.45) is 11.8 Å². The van der Waals surface area contributed by atoms with Gasteiger partial charge in [0.25, 0.3) is 0 Å². The largest absolute Gasteiger partial charge is 0.495 e. The van der Waals surface area contributed by atoms with Gasteiger partial charge < -0.3 is 20.3 Å². The zero-order valence-electron chi connectivity index (χ0n) is 14.6. The molecular formula is C18H29N3O2. The van der Waals surface area contributed by atoms with Crippen molar-refractivity contribution in [1.82, 2.24) is 10.2 Å². The average Bonchev–Trinajstić information content (AvgIpc) is 2.46. The molecule has 0 aliphatic carbocycles. The van der Waals surface area contributed by atoms with Crippen LogP contribution >= 0.6 is 0 Å². The van der Waals surface area contributed by atoms with Crippen LogP contribution in [0.4, 0.5) is 10.5 Å². The second-order valence-electron chi connectivity index (χ2n) is 6.86. The van der Waals surface area contributed by atoms with E-state index < -0.39 is 0 Å². The molecule has 5 nitrogen and oxygen atoms in total. The Bertz CT molecular complexity index is 511. The molecule has 1 fully saturated rings. The number of amides is 2. The normalized spacial score (nSPS) is 23.1. The van der Waals surface area contributed by atoms with Crippen LogP contribution in [0.2, 0.25) is 0 Å². The highest BCUT2D eigenvalue weighted by Gasteiger charge is 2.23. The smallest absolute Gasteiger partial charge is 0.319 e. The van der Waals surface area contributed by atoms with Crippen LogP contribution in [0.3, 0.4) is 0 Å². The van der Waals surface area contributed by atoms with Crippen molar-refractivity contribution in [2.45, 2.75) is 33.2 Å². The first-order valence-electron chi connectivity index (χ1n) is 8.40. The molecule has 0 saturated carbocycles. The van der Waals surface area contributed by atoms with Crippen LogP contribution in [0.5, 0.6) is 5.75 Å². The lowest BCUT2D eigenvalue weighted by atomic mass is 9.92. The monoisotopic (exact) mass is 319 g/mol. The molecule has 2 rings (SSSR count). The number of urea groups is 1. The van der Waals surface area contributed by atoms with Gasteiger partial charge in [0.2, 0.25) is 0 Å². The van der Waals surface area contributed by atoms with Crippen LogP contribution in [0.1, 0.15) is 27.2 Å². The van der Waals surface area contributed by atoms with Crippen molar-refractivity contribution in [3.8, 4) is 5.75 Å². The second-order valence-corrected chi connectivity index (χ2v) is 6.86. The van der Waals surface area contributed by atoms with E-state index >= 15 is 0 Å². The minimum atomic E-state index is -0.194. The number of piperidine rings is 1. The van der Waals surface area contributed by atoms with Crippen molar-refractivity contribution in [2.75, 3.05) is 32.1 Å². The van der Waals surface area contributed by atoms with E-state index in [9.17, 15) is 4.79 Å². The van der Waals surface area contributed by atoms with Crippen molar-refractivity contribution < 1.29 is 9.53 Å². The Labute approximate surface area is 139 Å². The fourth-order valence-electron chi connectivity index (χ4n) is 3.50. The van der Waals surface area contributed by atoms with Gasteiger partial charge in [-0.15, -0.1) is 0 Å². The molecule has 0 spiro atoms. The number of nitrogens with zero attached hydrogens (tertiary/aromatic N) is 1. The third-order valence-corrected chi connectivity index (χ3v) is 4.21. The summed E-state index contributed by atoms with van der Waals surface area (Å²) >= 11 is 0. The fourth-order valence-corrected chi connectivity index (χ4v) is 3.50. The SMILES string of the molecule is COc1ccccc1NC(=O)N[C@H](C)CN1C[C@H](C)C[C@H](C)C1. The number of benzene rings is 1. The van der Waals surface area contributed by atoms with Gasteiger partial charge in [-0.3, -0.25) is 0 Å². The molecule has 2 amide bonds. The summed E-state index contributed by atoms with van der Waals surface area (Å²) in [7, 11) is 1.60. The van der Waals surface area contributed by atoms with Crippen LogP contribution in [-0.4, -0.2) is 43.7 Å². The number of carbonyl (C=O) groups excluding carboxylic acids is 1. The standard InChI is InChI=1S/C18H29N3O2/c1-13-9-14(2)11-21(10-13)12-15(3)19-18(22)20-16-7-5-6-8-17(16)23-4/h5-8,13-15H,9-12H2,1-4H3,(H2,19,20,22)/t13-,14+,15-/m1/s1. The lowest BCUT2D eigenvalue weighted by Gasteiger charge is -2.36. The Morgan fingerprint density at radius 1 is 1.30 bits per heavy atom. The van der Waals surface area contributed by atoms with Gasteiger partial charge in [-0.25, -0.2) is 4.79 Å². The Morgan fingerprint density at radius 2 is 1.96 bits per heavy atom. The molecule has 5 heteroatoms. The number of rotatable bonds is 5. The number of carbonyl (C=O) groups is 1. The van der Waals surface area contributed by atoms with Crippen LogP contribution in [0.25, 0.3) is 0 Å². The van der Waals surface area contributed by atoms with Gasteiger partial charge in [-0.05, 0) is 37.3 Å². The third kappa shape index (κ3) is 5.43. The van der Waals surface area contributed by atoms with Gasteiger partial charge in [-0.1, -0.05) is 26.0 Å². The van der Waals surface area contributed by atoms with Crippen LogP contribution in [0, 0.1) is 11.8 Å². The van der Waals surface area contributed by atoms with Gasteiger partial charge in [0.1, 0.15) is 5.75 Å². The van der Waals surface area contributed by atoms with Crippen molar-refractivity contribution in [1.29, 1.82) is 0 Å². The first-order chi connectivity index (χ1) is 11.0. The van der Waals surface area contributed by atoms with E-state index in [4.69, 9.17) is 4.74 Å². The molecule has 2 N–H and O–H groups in total. The molecule has 1 aliphatic rings. The Kier molecular flexibility index (Phi) is 6.28. The van der Waals surface area contributed by atoms with E-state index in [1.807, 2.05) is 31.2 Å². The van der Waals surface area contributed by atoms with Crippen LogP contribution in [-0.2, 0) is 0 Å². The predicted octanol–water partition coefficient (Wildman–Crippen LogP) is 3.18. The summed E-state index contributed by atoms with van der Waals surface area (Å²) in [6.45, 7) is 9.76. The van der Waals surface area contributed by atoms with Gasteiger partial charge >= 0.3 is 6.03 Å². The van der Waals surface area contributed by atoms with Crippen LogP contribution in [0.15, 0.2) is 24.3 Å². The molecule has 1 saturated heterocycles. The summed E-state index contributed by atoms with van der Waals surface area (Å²) in [5, 5.41) is 5.86. The number of likely N-dealkylation sites (tertiary alicyclic amines) is 1. The van der Waals surface area contributed by atoms with E-state index in [1.165, 1.54) is 6.42 Å². The van der Waals surface area contributed by atoms with Crippen LogP contribution < -0.4 is 15.4 Å². The zero-order valence-corrected chi connectivity index (χ0v) is 14.6. The van der Waals surface area contributed by atoms with E-state index in [0.717, 1.165) is 31.5 Å². The molecule has 128 valence electrons. The minimum absolute atomic E-state index is 0.0993. The topological polar surface area (TPSA) is 53.6 Å². The molecule has 23 heavy (non-hydrogen) atoms. The van der Waals surface area contributed by atoms with E-state index in [0.29, 0.717) is 11.4 Å². The third-order valence-electron chi connectivity index (χ3n) is 4.21. The number of hydrogen-bond donors (Lipinski definition) is 2. The highest BCUT2D eigenvalue weighted by atomic mass is 16.5. The summed E-state index contributed by atoms with van der Waals surface area (Å²) in [5.74, 6) is 2.12. The Balaban J connectivity index is 1.82. The van der Waals surface area contributed by atoms with Gasteiger partial charge in [-0.2, -0.15) is 0 Å². The maximum Gasteiger partial charge on any atom is 0.319 e. The van der Waals surface area contributed by atoms with E-state index in [1.54, 1.807) is 7.11 Å². The molecule has 1 aromatic carbocycles. The lowest BCUT2D eigenvalue weighted by molar-refractivity contribution is 0.132. The quantitative estimate of drug-likeness (QED) is 0.876. The molecule has 0 bridgehead atoms. The number of anilines is 1. The summed E-state index contributed by atoms with van der Waals surface area (Å²) in [4.78, 5) is 14.6. The lowest BCUT2D eigenvalue weighted by Crippen LogP contribution is -2.47. The molecular weight excluding hydrogens is 290 g/mol. The Hall–Kier alpha value is -1.75. The van der Waals surface area contributed by atoms with Crippen molar-refractivity contribution in [3.05, 3.63) is 24.3 Å². The molecule has 0 unspecified atom stereocenters. The summed E-state index contributed by atoms with van der Waals surface area (Å²) < 4.78 is 5.25. The summed E-state index contributed by atoms with van der Waals surface area (Å²) in [5.41, 5.74) is 0.680. The maximum absolute atomic E-state index is 12.2. The Morgan fingerprint density at radius 3 is 2.61 bits per heavy atom. The van der Waals surface area contributed by atoms with Crippen molar-refractivity contribution >= 4 is 11.7 Å². The predicted molar refractivity (Wildman–Crippen MR) is 94.0 cm³/mol. The van der Waals surface area contributed by atoms with Crippen molar-refractivity contribution in [3.63, 3.8) is 0 Å². The number of nitrogens with one attached hydrogen (secondary N) is 2. The zero-order chi connectivity index (χ0) is 16.8. The average molecular weight is 319 g/mol. The second kappa shape index (κ2) is 8.20. The van der Waals surface area contributed by atoms with Gasteiger partial charge in [0.05, 0.1) is 12.8 Å². The summed E-state index contributed by atoms with van der Waals surface area (Å²) in [6.07, 6.45) is 1.30. The van der Waals surface area contributed by atoms with E-state index in [-0.39, 0.29) is 12.1 Å². The molecule has 0 aromatic heterocycles. The number of hydrogen-bond acceptors (Lipinski definition) is 3. The number of ether oxygens (including phenoxy) is 1. The van der Waals surface area contributed by atoms with Gasteiger partial charge in [0, 0.05) is 25.7 Å². The summed E-state index contributed by atoms with van der Waals surface area (Å²) in [6, 6.07) is 7.32. The fraction of sp³-hybridized carbons (Fsp3) is 0.611. The first-order valence-corrected chi connectivity index (χ1v) is 8.40. The molecule has 3 atom stereocenters. The van der Waals surface area contributed by atoms with E-state index in [2.05, 4.69) is 29.4 Å². The molecule has 1 heterocycles. The number of para-hydroxylation sites is 2. The number of methoxy groups -OCH3 is 1. The molecule has 0 radical (unpaired) electrons. The minimum Gasteiger partial charge on any atom is -0.495 e. The molecule has 1 aliphatic heterocycles.